The average molecular weight is 875 g/mol. The second-order valence-corrected chi connectivity index (χ2v) is 14.4. The minimum Gasteiger partial charge on any atom is -0.487 e. The van der Waals surface area contributed by atoms with Crippen LogP contribution in [-0.2, 0) is 22.1 Å². The molecular formula is C39H49Cl3F3N7O6. The summed E-state index contributed by atoms with van der Waals surface area (Å²) in [5.41, 5.74) is 1.96. The Labute approximate surface area is 351 Å². The van der Waals surface area contributed by atoms with Crippen molar-refractivity contribution in [1.82, 2.24) is 15.0 Å². The Morgan fingerprint density at radius 3 is 2.19 bits per heavy atom. The summed E-state index contributed by atoms with van der Waals surface area (Å²) in [5, 5.41) is 17.0. The number of anilines is 3. The zero-order valence-corrected chi connectivity index (χ0v) is 36.0. The summed E-state index contributed by atoms with van der Waals surface area (Å²) < 4.78 is 53.6. The highest BCUT2D eigenvalue weighted by atomic mass is 35.5. The van der Waals surface area contributed by atoms with E-state index in [1.54, 1.807) is 18.9 Å². The first-order chi connectivity index (χ1) is 27.2. The van der Waals surface area contributed by atoms with Crippen LogP contribution in [0.4, 0.5) is 36.4 Å². The monoisotopic (exact) mass is 873 g/mol. The number of carbonyl (C=O) groups excluding carboxylic acids is 1. The van der Waals surface area contributed by atoms with E-state index in [4.69, 9.17) is 49.0 Å². The molecule has 1 atom stereocenters. The van der Waals surface area contributed by atoms with E-state index in [1.807, 2.05) is 53.7 Å². The predicted molar refractivity (Wildman–Crippen MR) is 223 cm³/mol. The molecule has 4 rings (SSSR count). The second-order valence-electron chi connectivity index (χ2n) is 13.4. The number of rotatable bonds is 14. The minimum absolute atomic E-state index is 0.0111. The number of aromatic nitrogens is 3. The van der Waals surface area contributed by atoms with Crippen LogP contribution in [0.15, 0.2) is 54.6 Å². The highest BCUT2D eigenvalue weighted by Crippen LogP contribution is 2.38. The molecule has 318 valence electrons. The fourth-order valence-electron chi connectivity index (χ4n) is 5.17. The van der Waals surface area contributed by atoms with Gasteiger partial charge in [-0.15, -0.1) is 11.6 Å². The summed E-state index contributed by atoms with van der Waals surface area (Å²) in [6, 6.07) is 12.4. The van der Waals surface area contributed by atoms with Gasteiger partial charge in [0.1, 0.15) is 17.4 Å². The van der Waals surface area contributed by atoms with Crippen LogP contribution in [0.3, 0.4) is 0 Å². The van der Waals surface area contributed by atoms with Gasteiger partial charge in [-0.2, -0.15) is 28.1 Å². The van der Waals surface area contributed by atoms with Gasteiger partial charge in [0, 0.05) is 31.3 Å². The molecule has 1 amide bonds. The van der Waals surface area contributed by atoms with Crippen molar-refractivity contribution in [3.05, 3.63) is 91.7 Å². The average Bonchev–Trinajstić information content (AvgIpc) is 3.12. The first-order valence-corrected chi connectivity index (χ1v) is 19.3. The maximum atomic E-state index is 12.6. The highest BCUT2D eigenvalue weighted by molar-refractivity contribution is 6.32. The van der Waals surface area contributed by atoms with Gasteiger partial charge >= 0.3 is 11.9 Å². The van der Waals surface area contributed by atoms with Crippen molar-refractivity contribution >= 4 is 64.0 Å². The molecule has 0 radical (unpaired) electrons. The van der Waals surface area contributed by atoms with E-state index in [1.165, 1.54) is 18.2 Å². The number of methoxy groups -OCH3 is 1. The molecule has 4 aromatic rings. The Balaban J connectivity index is 0.000000309. The van der Waals surface area contributed by atoms with Crippen LogP contribution in [0.5, 0.6) is 17.2 Å². The van der Waals surface area contributed by atoms with E-state index < -0.39 is 16.7 Å². The van der Waals surface area contributed by atoms with Crippen LogP contribution < -0.4 is 25.0 Å². The van der Waals surface area contributed by atoms with E-state index in [0.717, 1.165) is 48.0 Å². The molecule has 0 spiro atoms. The number of nitrogens with one attached hydrogen (secondary N) is 2. The SMILES string of the molecule is CCNc1nc(Cl)nc(NC(C)(C)C)n1.CCOc1cc(Oc2ccc(C(F)(F)F)cc2Cl)ccc1[N+](=O)[O-].CCc1cccc(C)c1N(C(=O)CCl)C(C)COC. The number of nitro groups is 1. The Hall–Kier alpha value is -4.64. The van der Waals surface area contributed by atoms with E-state index in [9.17, 15) is 28.1 Å². The quantitative estimate of drug-likeness (QED) is 0.0707. The van der Waals surface area contributed by atoms with Gasteiger partial charge in [-0.05, 0) is 102 Å². The molecule has 0 aliphatic heterocycles. The zero-order valence-electron chi connectivity index (χ0n) is 33.8. The van der Waals surface area contributed by atoms with Gasteiger partial charge in [0.25, 0.3) is 0 Å². The molecule has 3 aromatic carbocycles. The first kappa shape index (κ1) is 49.5. The van der Waals surface area contributed by atoms with Crippen molar-refractivity contribution in [2.24, 2.45) is 0 Å². The zero-order chi connectivity index (χ0) is 43.8. The van der Waals surface area contributed by atoms with Crippen LogP contribution in [0.1, 0.15) is 65.2 Å². The standard InChI is InChI=1S/C15H11ClF3NO4.C15H22ClNO2.C9H16ClN5/c1-2-23-14-8-10(4-5-12(14)20(21)22)24-13-6-3-9(7-11(13)16)15(17,18)19;1-5-13-8-6-7-11(2)15(13)17(14(18)9-16)12(3)10-19-4;1-5-11-7-12-6(10)13-8(14-7)15-9(2,3)4/h3-8H,2H2,1H3;6-8,12H,5,9-10H2,1-4H3;5H2,1-4H3,(H2,11,12,13,14,15). The minimum atomic E-state index is -4.52. The summed E-state index contributed by atoms with van der Waals surface area (Å²) in [6.07, 6.45) is -3.64. The van der Waals surface area contributed by atoms with E-state index >= 15 is 0 Å². The first-order valence-electron chi connectivity index (χ1n) is 18.0. The molecule has 1 unspecified atom stereocenters. The van der Waals surface area contributed by atoms with Gasteiger partial charge in [-0.3, -0.25) is 14.9 Å². The number of alkyl halides is 4. The molecular weight excluding hydrogens is 826 g/mol. The third-order valence-corrected chi connectivity index (χ3v) is 8.21. The maximum Gasteiger partial charge on any atom is 0.416 e. The number of benzene rings is 3. The fourth-order valence-corrected chi connectivity index (χ4v) is 5.67. The van der Waals surface area contributed by atoms with Crippen LogP contribution in [0.25, 0.3) is 0 Å². The third-order valence-electron chi connectivity index (χ3n) is 7.52. The number of hydrogen-bond acceptors (Lipinski definition) is 11. The summed E-state index contributed by atoms with van der Waals surface area (Å²) in [4.78, 5) is 36.4. The maximum absolute atomic E-state index is 12.6. The topological polar surface area (TPSA) is 154 Å². The van der Waals surface area contributed by atoms with Gasteiger partial charge in [-0.1, -0.05) is 36.7 Å². The fraction of sp³-hybridized carbons (Fsp3) is 0.436. The molecule has 0 bridgehead atoms. The Morgan fingerprint density at radius 2 is 1.66 bits per heavy atom. The molecule has 0 aliphatic carbocycles. The smallest absolute Gasteiger partial charge is 0.416 e. The number of aryl methyl sites for hydroxylation is 2. The summed E-state index contributed by atoms with van der Waals surface area (Å²) in [5.74, 6) is 0.985. The summed E-state index contributed by atoms with van der Waals surface area (Å²) in [6.45, 7) is 17.2. The van der Waals surface area contributed by atoms with E-state index in [2.05, 4.69) is 38.6 Å². The van der Waals surface area contributed by atoms with Crippen LogP contribution in [0, 0.1) is 17.0 Å². The van der Waals surface area contributed by atoms with Gasteiger partial charge in [-0.25, -0.2) is 0 Å². The molecule has 0 fully saturated rings. The van der Waals surface area contributed by atoms with Crippen molar-refractivity contribution in [3.8, 4) is 17.2 Å². The largest absolute Gasteiger partial charge is 0.487 e. The molecule has 2 N–H and O–H groups in total. The number of carbonyl (C=O) groups is 1. The van der Waals surface area contributed by atoms with E-state index in [-0.39, 0.29) is 63.2 Å². The van der Waals surface area contributed by atoms with Crippen molar-refractivity contribution in [2.75, 3.05) is 48.3 Å². The number of para-hydroxylation sites is 1. The Bertz CT molecular complexity index is 1970. The summed E-state index contributed by atoms with van der Waals surface area (Å²) in [7, 11) is 1.64. The van der Waals surface area contributed by atoms with Crippen molar-refractivity contribution < 1.29 is 37.1 Å². The lowest BCUT2D eigenvalue weighted by molar-refractivity contribution is -0.385. The van der Waals surface area contributed by atoms with E-state index in [0.29, 0.717) is 18.5 Å². The molecule has 13 nitrogen and oxygen atoms in total. The normalized spacial score (nSPS) is 11.6. The molecule has 1 heterocycles. The number of hydrogen-bond donors (Lipinski definition) is 2. The Morgan fingerprint density at radius 1 is 0.983 bits per heavy atom. The van der Waals surface area contributed by atoms with Crippen molar-refractivity contribution in [2.45, 2.75) is 79.6 Å². The lowest BCUT2D eigenvalue weighted by Crippen LogP contribution is -2.43. The molecule has 1 aromatic heterocycles. The van der Waals surface area contributed by atoms with Gasteiger partial charge < -0.3 is 29.7 Å². The molecule has 0 saturated carbocycles. The number of nitrogens with zero attached hydrogens (tertiary/aromatic N) is 5. The van der Waals surface area contributed by atoms with Crippen LogP contribution in [0.2, 0.25) is 10.3 Å². The number of nitro benzene ring substituents is 1. The van der Waals surface area contributed by atoms with Crippen LogP contribution in [-0.4, -0.2) is 70.1 Å². The molecule has 0 saturated heterocycles. The lowest BCUT2D eigenvalue weighted by atomic mass is 10.0. The number of ether oxygens (including phenoxy) is 3. The molecule has 0 aliphatic rings. The van der Waals surface area contributed by atoms with Gasteiger partial charge in [0.15, 0.2) is 0 Å². The Kier molecular flexibility index (Phi) is 19.7. The van der Waals surface area contributed by atoms with Crippen molar-refractivity contribution in [3.63, 3.8) is 0 Å². The third kappa shape index (κ3) is 15.6. The second kappa shape index (κ2) is 23.1. The summed E-state index contributed by atoms with van der Waals surface area (Å²) >= 11 is 17.3. The number of halogens is 6. The predicted octanol–water partition coefficient (Wildman–Crippen LogP) is 10.8. The lowest BCUT2D eigenvalue weighted by Gasteiger charge is -2.31. The van der Waals surface area contributed by atoms with Crippen LogP contribution >= 0.6 is 34.8 Å². The van der Waals surface area contributed by atoms with Gasteiger partial charge in [0.05, 0.1) is 40.5 Å². The van der Waals surface area contributed by atoms with Crippen molar-refractivity contribution in [1.29, 1.82) is 0 Å². The molecule has 58 heavy (non-hydrogen) atoms. The number of amides is 1. The highest BCUT2D eigenvalue weighted by Gasteiger charge is 2.31. The molecule has 19 heteroatoms. The van der Waals surface area contributed by atoms with Gasteiger partial charge in [0.2, 0.25) is 28.8 Å².